The number of carboxylic acids is 1. The lowest BCUT2D eigenvalue weighted by Crippen LogP contribution is -2.53. The van der Waals surface area contributed by atoms with E-state index in [-0.39, 0.29) is 6.42 Å². The Morgan fingerprint density at radius 3 is 2.18 bits per heavy atom. The zero-order valence-electron chi connectivity index (χ0n) is 17.8. The van der Waals surface area contributed by atoms with Crippen LogP contribution >= 0.6 is 27.5 Å². The molecule has 1 rings (SSSR count). The van der Waals surface area contributed by atoms with E-state index in [0.717, 1.165) is 23.3 Å². The summed E-state index contributed by atoms with van der Waals surface area (Å²) in [5.41, 5.74) is -0.736. The largest absolute Gasteiger partial charge is 0.598 e. The molecule has 0 aliphatic carbocycles. The van der Waals surface area contributed by atoms with Crippen LogP contribution in [0.2, 0.25) is 23.2 Å². The van der Waals surface area contributed by atoms with Crippen LogP contribution in [0.3, 0.4) is 0 Å². The highest BCUT2D eigenvalue weighted by atomic mass is 79.9. The lowest BCUT2D eigenvalue weighted by atomic mass is 9.94. The van der Waals surface area contributed by atoms with Crippen molar-refractivity contribution >= 4 is 58.1 Å². The molecule has 9 heteroatoms. The normalized spacial score (nSPS) is 15.9. The number of halogens is 2. The summed E-state index contributed by atoms with van der Waals surface area (Å²) in [6.45, 7) is 13.8. The average Bonchev–Trinajstić information content (AvgIpc) is 2.57. The van der Waals surface area contributed by atoms with E-state index >= 15 is 0 Å². The van der Waals surface area contributed by atoms with Crippen LogP contribution in [0.25, 0.3) is 0 Å². The van der Waals surface area contributed by atoms with Crippen LogP contribution in [0.15, 0.2) is 10.7 Å². The second-order valence-electron chi connectivity index (χ2n) is 8.38. The fraction of sp³-hybridized carbons (Fsp3) is 0.684. The molecule has 1 aromatic rings. The lowest BCUT2D eigenvalue weighted by molar-refractivity contribution is -0.138. The third-order valence-corrected chi connectivity index (χ3v) is 13.7. The number of aliphatic carboxylic acids is 1. The highest BCUT2D eigenvalue weighted by molar-refractivity contribution is 9.10. The van der Waals surface area contributed by atoms with Crippen LogP contribution in [0.4, 0.5) is 0 Å². The minimum atomic E-state index is -1.85. The van der Waals surface area contributed by atoms with Gasteiger partial charge in [-0.2, -0.15) is 0 Å². The molecule has 0 saturated heterocycles. The van der Waals surface area contributed by atoms with E-state index in [1.807, 2.05) is 26.8 Å². The molecule has 0 aliphatic heterocycles. The van der Waals surface area contributed by atoms with Gasteiger partial charge in [0.1, 0.15) is 14.9 Å². The van der Waals surface area contributed by atoms with Crippen molar-refractivity contribution in [3.05, 3.63) is 21.4 Å². The van der Waals surface area contributed by atoms with E-state index in [4.69, 9.17) is 11.6 Å². The Morgan fingerprint density at radius 2 is 1.79 bits per heavy atom. The van der Waals surface area contributed by atoms with Gasteiger partial charge in [0.25, 0.3) is 0 Å². The summed E-state index contributed by atoms with van der Waals surface area (Å²) in [6.07, 6.45) is -0.281. The Kier molecular flexibility index (Phi) is 9.06. The molecule has 2 atom stereocenters. The Morgan fingerprint density at radius 1 is 1.29 bits per heavy atom. The van der Waals surface area contributed by atoms with Crippen LogP contribution in [-0.2, 0) is 21.7 Å². The van der Waals surface area contributed by atoms with E-state index in [0.29, 0.717) is 15.3 Å². The number of aromatic nitrogens is 1. The number of pyridine rings is 1. The SMILES string of the molecule is CC[Si](CC)(CC)c1cc(Br)nc(C(C)(CC(=O)O)N[S+]([O-])C(C)(C)C)c1Cl. The number of hydrogen-bond donors (Lipinski definition) is 2. The number of nitrogens with one attached hydrogen (secondary N) is 1. The molecule has 1 heterocycles. The molecule has 1 aromatic heterocycles. The highest BCUT2D eigenvalue weighted by Crippen LogP contribution is 2.35. The average molecular weight is 512 g/mol. The van der Waals surface area contributed by atoms with Gasteiger partial charge < -0.3 is 9.66 Å². The molecular weight excluding hydrogens is 480 g/mol. The van der Waals surface area contributed by atoms with Crippen molar-refractivity contribution in [1.29, 1.82) is 0 Å². The summed E-state index contributed by atoms with van der Waals surface area (Å²) >= 11 is 8.89. The van der Waals surface area contributed by atoms with Crippen LogP contribution in [0, 0.1) is 0 Å². The second kappa shape index (κ2) is 9.79. The van der Waals surface area contributed by atoms with Crippen LogP contribution in [-0.4, -0.2) is 33.4 Å². The van der Waals surface area contributed by atoms with E-state index < -0.39 is 35.7 Å². The first kappa shape index (κ1) is 25.9. The van der Waals surface area contributed by atoms with Gasteiger partial charge in [0.2, 0.25) is 0 Å². The van der Waals surface area contributed by atoms with Gasteiger partial charge >= 0.3 is 5.97 Å². The number of carbonyl (C=O) groups is 1. The van der Waals surface area contributed by atoms with Crippen molar-refractivity contribution < 1.29 is 14.5 Å². The third-order valence-electron chi connectivity index (χ3n) is 5.43. The Balaban J connectivity index is 3.69. The molecule has 0 fully saturated rings. The van der Waals surface area contributed by atoms with Crippen molar-refractivity contribution in [1.82, 2.24) is 9.71 Å². The molecule has 0 radical (unpaired) electrons. The first-order valence-corrected chi connectivity index (χ1v) is 14.5. The molecular formula is C19H32BrClN2O3SSi. The van der Waals surface area contributed by atoms with E-state index in [9.17, 15) is 14.5 Å². The minimum Gasteiger partial charge on any atom is -0.598 e. The van der Waals surface area contributed by atoms with Gasteiger partial charge in [-0.3, -0.25) is 4.79 Å². The van der Waals surface area contributed by atoms with Gasteiger partial charge in [0.05, 0.1) is 25.2 Å². The van der Waals surface area contributed by atoms with E-state index in [2.05, 4.69) is 46.4 Å². The molecule has 0 amide bonds. The molecule has 5 nitrogen and oxygen atoms in total. The summed E-state index contributed by atoms with van der Waals surface area (Å²) in [5.74, 6) is -1.01. The summed E-state index contributed by atoms with van der Waals surface area (Å²) in [7, 11) is -1.85. The summed E-state index contributed by atoms with van der Waals surface area (Å²) in [6, 6.07) is 5.09. The van der Waals surface area contributed by atoms with Crippen molar-refractivity contribution in [3.8, 4) is 0 Å². The maximum Gasteiger partial charge on any atom is 0.305 e. The van der Waals surface area contributed by atoms with Gasteiger partial charge in [-0.05, 0) is 54.9 Å². The summed E-state index contributed by atoms with van der Waals surface area (Å²) < 4.78 is 15.9. The monoisotopic (exact) mass is 510 g/mol. The number of carboxylic acid groups (broad SMARTS) is 1. The zero-order valence-corrected chi connectivity index (χ0v) is 21.9. The summed E-state index contributed by atoms with van der Waals surface area (Å²) in [4.78, 5) is 16.2. The fourth-order valence-electron chi connectivity index (χ4n) is 3.40. The lowest BCUT2D eigenvalue weighted by Gasteiger charge is -2.36. The molecule has 2 N–H and O–H groups in total. The Hall–Kier alpha value is -0.123. The summed E-state index contributed by atoms with van der Waals surface area (Å²) in [5, 5.41) is 11.1. The third kappa shape index (κ3) is 5.73. The number of hydrogen-bond acceptors (Lipinski definition) is 4. The maximum atomic E-state index is 12.8. The Labute approximate surface area is 186 Å². The predicted molar refractivity (Wildman–Crippen MR) is 124 cm³/mol. The predicted octanol–water partition coefficient (Wildman–Crippen LogP) is 4.95. The minimum absolute atomic E-state index is 0.281. The Bertz CT molecular complexity index is 705. The maximum absolute atomic E-state index is 12.8. The second-order valence-corrected chi connectivity index (χ2v) is 16.8. The molecule has 0 saturated carbocycles. The smallest absolute Gasteiger partial charge is 0.305 e. The molecule has 0 aromatic carbocycles. The van der Waals surface area contributed by atoms with Crippen LogP contribution in [0.1, 0.15) is 60.6 Å². The highest BCUT2D eigenvalue weighted by Gasteiger charge is 2.43. The molecule has 28 heavy (non-hydrogen) atoms. The van der Waals surface area contributed by atoms with Gasteiger partial charge in [0.15, 0.2) is 0 Å². The molecule has 2 unspecified atom stereocenters. The van der Waals surface area contributed by atoms with Gasteiger partial charge in [-0.1, -0.05) is 50.5 Å². The first-order chi connectivity index (χ1) is 12.8. The zero-order chi connectivity index (χ0) is 21.9. The van der Waals surface area contributed by atoms with E-state index in [1.165, 1.54) is 0 Å². The molecule has 0 bridgehead atoms. The van der Waals surface area contributed by atoms with Crippen molar-refractivity contribution in [2.75, 3.05) is 0 Å². The first-order valence-electron chi connectivity index (χ1n) is 9.54. The number of nitrogens with zero attached hydrogens (tertiary/aromatic N) is 1. The van der Waals surface area contributed by atoms with Gasteiger partial charge in [0, 0.05) is 11.4 Å². The van der Waals surface area contributed by atoms with Crippen molar-refractivity contribution in [3.63, 3.8) is 0 Å². The molecule has 0 spiro atoms. The standard InChI is InChI=1S/C19H32BrClN2O3SSi/c1-8-28(9-2,10-3)13-11-14(20)22-17(16(13)21)19(7,12-15(24)25)23-27(26)18(4,5)6/h11,23H,8-10,12H2,1-7H3,(H,24,25). The van der Waals surface area contributed by atoms with Crippen molar-refractivity contribution in [2.45, 2.75) is 83.3 Å². The van der Waals surface area contributed by atoms with Crippen LogP contribution in [0.5, 0.6) is 0 Å². The van der Waals surface area contributed by atoms with Crippen molar-refractivity contribution in [2.24, 2.45) is 0 Å². The fourth-order valence-corrected chi connectivity index (χ4v) is 9.48. The van der Waals surface area contributed by atoms with Gasteiger partial charge in [-0.25, -0.2) is 4.98 Å². The molecule has 0 aliphatic rings. The quantitative estimate of drug-likeness (QED) is 0.278. The number of rotatable bonds is 9. The van der Waals surface area contributed by atoms with E-state index in [1.54, 1.807) is 6.92 Å². The van der Waals surface area contributed by atoms with Gasteiger partial charge in [-0.15, -0.1) is 4.72 Å². The topological polar surface area (TPSA) is 85.3 Å². The van der Waals surface area contributed by atoms with Crippen LogP contribution < -0.4 is 9.91 Å². The molecule has 160 valence electrons.